The standard InChI is InChI=1S/C17H26FNO/c1-13(17(2,3)4)12-16(20)19(5)11-10-14-6-8-15(18)9-7-14/h6-9,13H,10-12H2,1-5H3. The van der Waals surface area contributed by atoms with E-state index < -0.39 is 0 Å². The van der Waals surface area contributed by atoms with Crippen molar-refractivity contribution >= 4 is 5.91 Å². The third-order valence-electron chi connectivity index (χ3n) is 4.03. The fraction of sp³-hybridized carbons (Fsp3) is 0.588. The smallest absolute Gasteiger partial charge is 0.222 e. The lowest BCUT2D eigenvalue weighted by Crippen LogP contribution is -2.32. The van der Waals surface area contributed by atoms with Crippen molar-refractivity contribution < 1.29 is 9.18 Å². The first kappa shape index (κ1) is 16.7. The van der Waals surface area contributed by atoms with Gasteiger partial charge in [0.05, 0.1) is 0 Å². The first-order chi connectivity index (χ1) is 9.20. The zero-order chi connectivity index (χ0) is 15.3. The van der Waals surface area contributed by atoms with Crippen molar-refractivity contribution in [2.24, 2.45) is 11.3 Å². The lowest BCUT2D eigenvalue weighted by Gasteiger charge is -2.28. The van der Waals surface area contributed by atoms with Gasteiger partial charge in [0.25, 0.3) is 0 Å². The van der Waals surface area contributed by atoms with Crippen LogP contribution in [-0.4, -0.2) is 24.4 Å². The zero-order valence-corrected chi connectivity index (χ0v) is 13.2. The van der Waals surface area contributed by atoms with Crippen LogP contribution in [0.2, 0.25) is 0 Å². The fourth-order valence-electron chi connectivity index (χ4n) is 1.80. The van der Waals surface area contributed by atoms with Gasteiger partial charge in [0.1, 0.15) is 5.82 Å². The van der Waals surface area contributed by atoms with Crippen LogP contribution in [0.25, 0.3) is 0 Å². The summed E-state index contributed by atoms with van der Waals surface area (Å²) in [4.78, 5) is 13.9. The second-order valence-electron chi connectivity index (χ2n) is 6.66. The van der Waals surface area contributed by atoms with Gasteiger partial charge in [-0.3, -0.25) is 4.79 Å². The molecule has 1 aromatic rings. The number of amides is 1. The van der Waals surface area contributed by atoms with Crippen molar-refractivity contribution in [3.8, 4) is 0 Å². The van der Waals surface area contributed by atoms with E-state index in [0.717, 1.165) is 12.0 Å². The van der Waals surface area contributed by atoms with Crippen molar-refractivity contribution in [2.75, 3.05) is 13.6 Å². The van der Waals surface area contributed by atoms with E-state index >= 15 is 0 Å². The molecule has 0 fully saturated rings. The van der Waals surface area contributed by atoms with Crippen molar-refractivity contribution in [1.82, 2.24) is 4.90 Å². The van der Waals surface area contributed by atoms with Crippen LogP contribution in [0.15, 0.2) is 24.3 Å². The van der Waals surface area contributed by atoms with Gasteiger partial charge >= 0.3 is 0 Å². The molecule has 1 aromatic carbocycles. The van der Waals surface area contributed by atoms with Gasteiger partial charge in [-0.05, 0) is 35.4 Å². The van der Waals surface area contributed by atoms with Crippen LogP contribution in [0.4, 0.5) is 4.39 Å². The van der Waals surface area contributed by atoms with E-state index in [9.17, 15) is 9.18 Å². The predicted octanol–water partition coefficient (Wildman–Crippen LogP) is 3.90. The van der Waals surface area contributed by atoms with Gasteiger partial charge in [-0.2, -0.15) is 0 Å². The lowest BCUT2D eigenvalue weighted by atomic mass is 9.80. The van der Waals surface area contributed by atoms with Crippen LogP contribution in [0.5, 0.6) is 0 Å². The molecule has 1 atom stereocenters. The molecule has 20 heavy (non-hydrogen) atoms. The molecule has 0 aliphatic heterocycles. The molecule has 1 amide bonds. The second-order valence-corrected chi connectivity index (χ2v) is 6.66. The molecule has 0 aromatic heterocycles. The molecule has 0 radical (unpaired) electrons. The van der Waals surface area contributed by atoms with Gasteiger partial charge in [0.15, 0.2) is 0 Å². The van der Waals surface area contributed by atoms with Crippen molar-refractivity contribution in [3.63, 3.8) is 0 Å². The van der Waals surface area contributed by atoms with Gasteiger partial charge in [-0.15, -0.1) is 0 Å². The second kappa shape index (κ2) is 6.87. The van der Waals surface area contributed by atoms with E-state index in [1.54, 1.807) is 17.0 Å². The Morgan fingerprint density at radius 3 is 2.30 bits per heavy atom. The number of carbonyl (C=O) groups excluding carboxylic acids is 1. The highest BCUT2D eigenvalue weighted by atomic mass is 19.1. The van der Waals surface area contributed by atoms with Crippen molar-refractivity contribution in [2.45, 2.75) is 40.5 Å². The molecule has 0 bridgehead atoms. The summed E-state index contributed by atoms with van der Waals surface area (Å²) in [6, 6.07) is 6.45. The third-order valence-corrected chi connectivity index (χ3v) is 4.03. The Labute approximate surface area is 122 Å². The van der Waals surface area contributed by atoms with E-state index in [0.29, 0.717) is 18.9 Å². The number of benzene rings is 1. The van der Waals surface area contributed by atoms with Crippen LogP contribution < -0.4 is 0 Å². The van der Waals surface area contributed by atoms with Crippen LogP contribution >= 0.6 is 0 Å². The SMILES string of the molecule is CC(CC(=O)N(C)CCc1ccc(F)cc1)C(C)(C)C. The zero-order valence-electron chi connectivity index (χ0n) is 13.2. The summed E-state index contributed by atoms with van der Waals surface area (Å²) in [6.45, 7) is 9.25. The number of halogens is 1. The largest absolute Gasteiger partial charge is 0.345 e. The van der Waals surface area contributed by atoms with Crippen LogP contribution in [0.3, 0.4) is 0 Å². The van der Waals surface area contributed by atoms with Crippen LogP contribution in [0, 0.1) is 17.2 Å². The molecule has 1 unspecified atom stereocenters. The van der Waals surface area contributed by atoms with E-state index in [1.165, 1.54) is 12.1 Å². The predicted molar refractivity (Wildman–Crippen MR) is 81.0 cm³/mol. The van der Waals surface area contributed by atoms with Gasteiger partial charge in [0.2, 0.25) is 5.91 Å². The van der Waals surface area contributed by atoms with E-state index in [1.807, 2.05) is 7.05 Å². The summed E-state index contributed by atoms with van der Waals surface area (Å²) in [5, 5.41) is 0. The Bertz CT molecular complexity index is 433. The minimum atomic E-state index is -0.225. The Morgan fingerprint density at radius 2 is 1.80 bits per heavy atom. The first-order valence-corrected chi connectivity index (χ1v) is 7.18. The first-order valence-electron chi connectivity index (χ1n) is 7.18. The number of hydrogen-bond donors (Lipinski definition) is 0. The van der Waals surface area contributed by atoms with E-state index in [2.05, 4.69) is 27.7 Å². The monoisotopic (exact) mass is 279 g/mol. The molecule has 2 nitrogen and oxygen atoms in total. The summed E-state index contributed by atoms with van der Waals surface area (Å²) in [7, 11) is 1.83. The molecular weight excluding hydrogens is 253 g/mol. The molecule has 3 heteroatoms. The molecule has 0 heterocycles. The quantitative estimate of drug-likeness (QED) is 0.800. The average molecular weight is 279 g/mol. The summed E-state index contributed by atoms with van der Waals surface area (Å²) in [5.74, 6) is 0.301. The van der Waals surface area contributed by atoms with Gasteiger partial charge in [-0.1, -0.05) is 39.8 Å². The number of likely N-dealkylation sites (N-methyl/N-ethyl adjacent to an activating group) is 1. The molecule has 0 aliphatic rings. The normalized spacial score (nSPS) is 13.1. The molecule has 0 spiro atoms. The highest BCUT2D eigenvalue weighted by molar-refractivity contribution is 5.76. The highest BCUT2D eigenvalue weighted by Gasteiger charge is 2.23. The Morgan fingerprint density at radius 1 is 1.25 bits per heavy atom. The van der Waals surface area contributed by atoms with Crippen molar-refractivity contribution in [3.05, 3.63) is 35.6 Å². The topological polar surface area (TPSA) is 20.3 Å². The summed E-state index contributed by atoms with van der Waals surface area (Å²) in [5.41, 5.74) is 1.20. The maximum atomic E-state index is 12.8. The molecule has 0 aliphatic carbocycles. The number of rotatable bonds is 5. The Kier molecular flexibility index (Phi) is 5.73. The average Bonchev–Trinajstić information content (AvgIpc) is 2.36. The highest BCUT2D eigenvalue weighted by Crippen LogP contribution is 2.28. The molecule has 0 saturated heterocycles. The minimum absolute atomic E-state index is 0.146. The van der Waals surface area contributed by atoms with Gasteiger partial charge in [0, 0.05) is 20.0 Å². The maximum Gasteiger partial charge on any atom is 0.222 e. The van der Waals surface area contributed by atoms with Gasteiger partial charge < -0.3 is 4.90 Å². The summed E-state index contributed by atoms with van der Waals surface area (Å²) >= 11 is 0. The number of hydrogen-bond acceptors (Lipinski definition) is 1. The van der Waals surface area contributed by atoms with Crippen molar-refractivity contribution in [1.29, 1.82) is 0 Å². The maximum absolute atomic E-state index is 12.8. The van der Waals surface area contributed by atoms with Crippen LogP contribution in [-0.2, 0) is 11.2 Å². The van der Waals surface area contributed by atoms with Gasteiger partial charge in [-0.25, -0.2) is 4.39 Å². The number of nitrogens with zero attached hydrogens (tertiary/aromatic N) is 1. The fourth-order valence-corrected chi connectivity index (χ4v) is 1.80. The molecule has 0 N–H and O–H groups in total. The number of carbonyl (C=O) groups is 1. The van der Waals surface area contributed by atoms with E-state index in [-0.39, 0.29) is 17.1 Å². The summed E-state index contributed by atoms with van der Waals surface area (Å²) < 4.78 is 12.8. The molecular formula is C17H26FNO. The third kappa shape index (κ3) is 5.32. The summed E-state index contributed by atoms with van der Waals surface area (Å²) in [6.07, 6.45) is 1.33. The lowest BCUT2D eigenvalue weighted by molar-refractivity contribution is -0.131. The van der Waals surface area contributed by atoms with E-state index in [4.69, 9.17) is 0 Å². The minimum Gasteiger partial charge on any atom is -0.345 e. The Balaban J connectivity index is 2.44. The molecule has 0 saturated carbocycles. The Hall–Kier alpha value is -1.38. The van der Waals surface area contributed by atoms with Crippen LogP contribution in [0.1, 0.15) is 39.7 Å². The molecule has 1 rings (SSSR count). The molecule has 112 valence electrons.